The van der Waals surface area contributed by atoms with E-state index in [0.717, 1.165) is 5.56 Å². The van der Waals surface area contributed by atoms with Crippen molar-refractivity contribution in [2.24, 2.45) is 4.99 Å². The fraction of sp³-hybridized carbons (Fsp3) is 0.556. The largest absolute Gasteiger partial charge is 0.496 e. The van der Waals surface area contributed by atoms with Crippen LogP contribution in [0, 0.1) is 0 Å². The summed E-state index contributed by atoms with van der Waals surface area (Å²) in [4.78, 5) is 18.1. The van der Waals surface area contributed by atoms with Crippen LogP contribution in [0.4, 0.5) is 0 Å². The summed E-state index contributed by atoms with van der Waals surface area (Å²) in [7, 11) is 1.35. The van der Waals surface area contributed by atoms with Crippen LogP contribution in [0.25, 0.3) is 0 Å². The molecule has 0 atom stereocenters. The van der Waals surface area contributed by atoms with Crippen LogP contribution in [0.1, 0.15) is 29.8 Å². The molecule has 1 heterocycles. The summed E-state index contributed by atoms with van der Waals surface area (Å²) < 4.78 is 33.5. The fourth-order valence-electron chi connectivity index (χ4n) is 2.97. The molecule has 0 amide bonds. The third-order valence-electron chi connectivity index (χ3n) is 4.67. The minimum Gasteiger partial charge on any atom is -0.496 e. The fourth-order valence-corrected chi connectivity index (χ4v) is 4.34. The summed E-state index contributed by atoms with van der Waals surface area (Å²) in [6.07, 6.45) is 0. The lowest BCUT2D eigenvalue weighted by Crippen LogP contribution is -2.57. The second-order valence-corrected chi connectivity index (χ2v) is 9.67. The Balaban J connectivity index is 2.12. The SMILES string of the molecule is CN=C(NCc1ccc(OC)c(C(=O)OC)c1)N1CCS(=O)(=O)C(C)(C)C1. The highest BCUT2D eigenvalue weighted by atomic mass is 32.2. The molecule has 1 aliphatic heterocycles. The van der Waals surface area contributed by atoms with Crippen LogP contribution in [0.2, 0.25) is 0 Å². The Kier molecular flexibility index (Phi) is 6.35. The van der Waals surface area contributed by atoms with Crippen molar-refractivity contribution < 1.29 is 22.7 Å². The molecule has 0 aromatic heterocycles. The monoisotopic (exact) mass is 397 g/mol. The lowest BCUT2D eigenvalue weighted by Gasteiger charge is -2.39. The first-order valence-corrected chi connectivity index (χ1v) is 10.2. The van der Waals surface area contributed by atoms with E-state index in [2.05, 4.69) is 10.3 Å². The third kappa shape index (κ3) is 4.52. The molecule has 0 saturated carbocycles. The van der Waals surface area contributed by atoms with Crippen molar-refractivity contribution in [3.63, 3.8) is 0 Å². The van der Waals surface area contributed by atoms with E-state index in [0.29, 0.717) is 36.9 Å². The number of sulfone groups is 1. The molecule has 0 aliphatic carbocycles. The molecule has 0 spiro atoms. The first-order chi connectivity index (χ1) is 12.6. The average molecular weight is 397 g/mol. The Hall–Kier alpha value is -2.29. The molecule has 1 N–H and O–H groups in total. The van der Waals surface area contributed by atoms with Gasteiger partial charge >= 0.3 is 5.97 Å². The molecule has 8 nitrogen and oxygen atoms in total. The molecular weight excluding hydrogens is 370 g/mol. The highest BCUT2D eigenvalue weighted by Gasteiger charge is 2.40. The zero-order valence-electron chi connectivity index (χ0n) is 16.4. The minimum absolute atomic E-state index is 0.0930. The number of ether oxygens (including phenoxy) is 2. The lowest BCUT2D eigenvalue weighted by molar-refractivity contribution is 0.0597. The van der Waals surface area contributed by atoms with Gasteiger partial charge in [0.05, 0.1) is 24.7 Å². The van der Waals surface area contributed by atoms with Crippen LogP contribution in [0.3, 0.4) is 0 Å². The maximum Gasteiger partial charge on any atom is 0.341 e. The van der Waals surface area contributed by atoms with Crippen LogP contribution in [-0.4, -0.2) is 70.1 Å². The van der Waals surface area contributed by atoms with Crippen LogP contribution < -0.4 is 10.1 Å². The van der Waals surface area contributed by atoms with Gasteiger partial charge in [0, 0.05) is 26.7 Å². The van der Waals surface area contributed by atoms with Gasteiger partial charge in [-0.1, -0.05) is 6.07 Å². The first kappa shape index (κ1) is 21.0. The summed E-state index contributed by atoms with van der Waals surface area (Å²) in [5, 5.41) is 3.23. The molecule has 2 rings (SSSR count). The average Bonchev–Trinajstić information content (AvgIpc) is 2.64. The van der Waals surface area contributed by atoms with Gasteiger partial charge in [0.1, 0.15) is 11.3 Å². The highest BCUT2D eigenvalue weighted by molar-refractivity contribution is 7.92. The number of carbonyl (C=O) groups excluding carboxylic acids is 1. The maximum atomic E-state index is 12.2. The van der Waals surface area contributed by atoms with Gasteiger partial charge in [-0.05, 0) is 31.5 Å². The van der Waals surface area contributed by atoms with Crippen molar-refractivity contribution in [1.29, 1.82) is 0 Å². The Morgan fingerprint density at radius 2 is 2.04 bits per heavy atom. The Morgan fingerprint density at radius 3 is 2.59 bits per heavy atom. The number of hydrogen-bond acceptors (Lipinski definition) is 6. The van der Waals surface area contributed by atoms with Crippen LogP contribution >= 0.6 is 0 Å². The van der Waals surface area contributed by atoms with Crippen LogP contribution in [0.15, 0.2) is 23.2 Å². The van der Waals surface area contributed by atoms with Gasteiger partial charge in [-0.2, -0.15) is 0 Å². The normalized spacial score (nSPS) is 18.7. The smallest absolute Gasteiger partial charge is 0.341 e. The van der Waals surface area contributed by atoms with E-state index in [1.54, 1.807) is 33.0 Å². The number of rotatable bonds is 4. The van der Waals surface area contributed by atoms with Gasteiger partial charge in [0.15, 0.2) is 15.8 Å². The molecule has 27 heavy (non-hydrogen) atoms. The molecule has 0 unspecified atom stereocenters. The van der Waals surface area contributed by atoms with E-state index in [1.165, 1.54) is 14.2 Å². The van der Waals surface area contributed by atoms with Gasteiger partial charge < -0.3 is 19.7 Å². The van der Waals surface area contributed by atoms with Gasteiger partial charge in [0.2, 0.25) is 0 Å². The number of aliphatic imine (C=N–C) groups is 1. The Morgan fingerprint density at radius 1 is 1.33 bits per heavy atom. The van der Waals surface area contributed by atoms with E-state index in [1.807, 2.05) is 11.0 Å². The van der Waals surface area contributed by atoms with Crippen molar-refractivity contribution >= 4 is 21.8 Å². The molecule has 1 aromatic rings. The van der Waals surface area contributed by atoms with E-state index in [4.69, 9.17) is 9.47 Å². The predicted octanol–water partition coefficient (Wildman–Crippen LogP) is 1.07. The van der Waals surface area contributed by atoms with Gasteiger partial charge in [-0.25, -0.2) is 13.2 Å². The zero-order valence-corrected chi connectivity index (χ0v) is 17.2. The molecule has 9 heteroatoms. The predicted molar refractivity (Wildman–Crippen MR) is 104 cm³/mol. The number of guanidine groups is 1. The quantitative estimate of drug-likeness (QED) is 0.461. The van der Waals surface area contributed by atoms with E-state index >= 15 is 0 Å². The second-order valence-electron chi connectivity index (χ2n) is 6.93. The van der Waals surface area contributed by atoms with Crippen molar-refractivity contribution in [3.05, 3.63) is 29.3 Å². The maximum absolute atomic E-state index is 12.2. The van der Waals surface area contributed by atoms with Crippen molar-refractivity contribution in [1.82, 2.24) is 10.2 Å². The summed E-state index contributed by atoms with van der Waals surface area (Å²) in [6, 6.07) is 5.26. The summed E-state index contributed by atoms with van der Waals surface area (Å²) >= 11 is 0. The van der Waals surface area contributed by atoms with Gasteiger partial charge in [-0.3, -0.25) is 4.99 Å². The summed E-state index contributed by atoms with van der Waals surface area (Å²) in [5.74, 6) is 0.683. The molecule has 1 saturated heterocycles. The van der Waals surface area contributed by atoms with Crippen LogP contribution in [0.5, 0.6) is 5.75 Å². The molecule has 1 aliphatic rings. The van der Waals surface area contributed by atoms with Crippen LogP contribution in [-0.2, 0) is 21.1 Å². The van der Waals surface area contributed by atoms with Gasteiger partial charge in [-0.15, -0.1) is 0 Å². The van der Waals surface area contributed by atoms with E-state index < -0.39 is 20.6 Å². The molecule has 0 bridgehead atoms. The molecular formula is C18H27N3O5S. The van der Waals surface area contributed by atoms with Crippen molar-refractivity contribution in [2.75, 3.05) is 40.1 Å². The lowest BCUT2D eigenvalue weighted by atomic mass is 10.1. The summed E-state index contributed by atoms with van der Waals surface area (Å²) in [5.41, 5.74) is 1.20. The molecule has 1 aromatic carbocycles. The Bertz CT molecular complexity index is 833. The summed E-state index contributed by atoms with van der Waals surface area (Å²) in [6.45, 7) is 4.64. The zero-order chi connectivity index (χ0) is 20.2. The molecule has 1 fully saturated rings. The number of carbonyl (C=O) groups is 1. The minimum atomic E-state index is -3.12. The van der Waals surface area contributed by atoms with E-state index in [9.17, 15) is 13.2 Å². The highest BCUT2D eigenvalue weighted by Crippen LogP contribution is 2.24. The topological polar surface area (TPSA) is 97.3 Å². The van der Waals surface area contributed by atoms with E-state index in [-0.39, 0.29) is 5.75 Å². The number of benzene rings is 1. The number of nitrogens with one attached hydrogen (secondary N) is 1. The number of methoxy groups -OCH3 is 2. The second kappa shape index (κ2) is 8.16. The Labute approximate surface area is 160 Å². The number of hydrogen-bond donors (Lipinski definition) is 1. The standard InChI is InChI=1S/C18H27N3O5S/c1-18(2)12-21(8-9-27(18,23)24)17(19-3)20-11-13-6-7-15(25-4)14(10-13)16(22)26-5/h6-7,10H,8-9,11-12H2,1-5H3,(H,19,20). The van der Waals surface area contributed by atoms with Crippen molar-refractivity contribution in [2.45, 2.75) is 25.1 Å². The molecule has 150 valence electrons. The number of esters is 1. The van der Waals surface area contributed by atoms with Crippen molar-refractivity contribution in [3.8, 4) is 5.75 Å². The molecule has 0 radical (unpaired) electrons. The number of nitrogens with zero attached hydrogens (tertiary/aromatic N) is 2. The third-order valence-corrected chi connectivity index (χ3v) is 7.21. The van der Waals surface area contributed by atoms with Gasteiger partial charge in [0.25, 0.3) is 0 Å². The first-order valence-electron chi connectivity index (χ1n) is 8.58.